The van der Waals surface area contributed by atoms with E-state index in [0.29, 0.717) is 18.1 Å². The van der Waals surface area contributed by atoms with Crippen LogP contribution < -0.4 is 10.8 Å². The first-order valence-electron chi connectivity index (χ1n) is 11.6. The zero-order valence-electron chi connectivity index (χ0n) is 19.3. The second-order valence-corrected chi connectivity index (χ2v) is 9.50. The number of carbonyl (C=O) groups is 1. The van der Waals surface area contributed by atoms with Crippen LogP contribution in [0.15, 0.2) is 71.9 Å². The zero-order valence-corrected chi connectivity index (χ0v) is 20.8. The molecule has 35 heavy (non-hydrogen) atoms. The molecule has 3 heterocycles. The van der Waals surface area contributed by atoms with Gasteiger partial charge in [-0.1, -0.05) is 71.7 Å². The third-order valence-corrected chi connectivity index (χ3v) is 6.83. The van der Waals surface area contributed by atoms with Crippen molar-refractivity contribution in [3.05, 3.63) is 82.5 Å². The Morgan fingerprint density at radius 2 is 1.80 bits per heavy atom. The topological polar surface area (TPSA) is 62.5 Å². The number of carbonyl (C=O) groups excluding carboxylic acids is 1. The number of anilines is 1. The Hall–Kier alpha value is -3.29. The molecule has 9 heteroatoms. The number of hydrogen-bond donors (Lipinski definition) is 1. The number of amides is 1. The van der Waals surface area contributed by atoms with Gasteiger partial charge in [0.05, 0.1) is 5.69 Å². The summed E-state index contributed by atoms with van der Waals surface area (Å²) in [6, 6.07) is 19.5. The largest absolute Gasteiger partial charge is 0.367 e. The second-order valence-electron chi connectivity index (χ2n) is 8.68. The van der Waals surface area contributed by atoms with Crippen molar-refractivity contribution >= 4 is 60.0 Å². The van der Waals surface area contributed by atoms with Gasteiger partial charge in [0.25, 0.3) is 5.91 Å². The van der Waals surface area contributed by atoms with Gasteiger partial charge in [-0.05, 0) is 36.0 Å². The van der Waals surface area contributed by atoms with Crippen LogP contribution in [0.1, 0.15) is 18.4 Å². The van der Waals surface area contributed by atoms with Crippen molar-refractivity contribution in [2.45, 2.75) is 18.9 Å². The van der Waals surface area contributed by atoms with Crippen LogP contribution in [0.3, 0.4) is 0 Å². The Balaban J connectivity index is 1.31. The average molecular weight is 504 g/mol. The minimum Gasteiger partial charge on any atom is -0.367 e. The number of nitrogens with zero attached hydrogens (tertiary/aromatic N) is 4. The second kappa shape index (κ2) is 10.1. The lowest BCUT2D eigenvalue weighted by Gasteiger charge is -2.32. The Kier molecular flexibility index (Phi) is 6.80. The highest BCUT2D eigenvalue weighted by Crippen LogP contribution is 2.29. The lowest BCUT2D eigenvalue weighted by atomic mass is 10.0. The van der Waals surface area contributed by atoms with Crippen molar-refractivity contribution in [3.8, 4) is 11.3 Å². The smallest absolute Gasteiger partial charge is 0.265 e. The molecule has 0 saturated carbocycles. The molecular weight excluding hydrogens is 480 g/mol. The van der Waals surface area contributed by atoms with Gasteiger partial charge >= 0.3 is 0 Å². The van der Waals surface area contributed by atoms with E-state index in [2.05, 4.69) is 10.4 Å². The van der Waals surface area contributed by atoms with E-state index in [4.69, 9.17) is 28.2 Å². The van der Waals surface area contributed by atoms with Gasteiger partial charge in [-0.25, -0.2) is 4.98 Å². The summed E-state index contributed by atoms with van der Waals surface area (Å²) in [6.07, 6.45) is 5.13. The van der Waals surface area contributed by atoms with Gasteiger partial charge in [-0.15, -0.1) is 0 Å². The van der Waals surface area contributed by atoms with Crippen molar-refractivity contribution in [1.82, 2.24) is 19.5 Å². The normalized spacial score (nSPS) is 14.9. The third kappa shape index (κ3) is 5.06. The maximum Gasteiger partial charge on any atom is 0.265 e. The monoisotopic (exact) mass is 503 g/mol. The number of nitrogens with one attached hydrogen (secondary N) is 1. The number of rotatable bonds is 5. The molecule has 1 N–H and O–H groups in total. The summed E-state index contributed by atoms with van der Waals surface area (Å²) in [5.74, 6) is 0.716. The molecule has 0 radical (unpaired) electrons. The van der Waals surface area contributed by atoms with Gasteiger partial charge in [0.2, 0.25) is 0 Å². The van der Waals surface area contributed by atoms with E-state index >= 15 is 0 Å². The van der Waals surface area contributed by atoms with E-state index in [1.54, 1.807) is 6.08 Å². The minimum atomic E-state index is -0.135. The van der Waals surface area contributed by atoms with Crippen LogP contribution >= 0.6 is 23.2 Å². The highest BCUT2D eigenvalue weighted by molar-refractivity contribution is 6.44. The van der Waals surface area contributed by atoms with Crippen molar-refractivity contribution in [3.63, 3.8) is 0 Å². The molecule has 2 aromatic carbocycles. The lowest BCUT2D eigenvalue weighted by Crippen LogP contribution is -2.42. The van der Waals surface area contributed by atoms with Gasteiger partial charge in [0.15, 0.2) is 5.65 Å². The fourth-order valence-corrected chi connectivity index (χ4v) is 4.80. The van der Waals surface area contributed by atoms with Gasteiger partial charge in [0, 0.05) is 42.0 Å². The summed E-state index contributed by atoms with van der Waals surface area (Å²) >= 11 is 12.8. The highest BCUT2D eigenvalue weighted by atomic mass is 35.5. The van der Waals surface area contributed by atoms with Crippen LogP contribution in [0.4, 0.5) is 5.82 Å². The van der Waals surface area contributed by atoms with Gasteiger partial charge in [-0.2, -0.15) is 9.61 Å². The Morgan fingerprint density at radius 3 is 2.54 bits per heavy atom. The van der Waals surface area contributed by atoms with E-state index in [-0.39, 0.29) is 17.0 Å². The lowest BCUT2D eigenvalue weighted by molar-refractivity contribution is -0.127. The van der Waals surface area contributed by atoms with Crippen LogP contribution in [-0.2, 0) is 4.79 Å². The van der Waals surface area contributed by atoms with Crippen LogP contribution in [0.5, 0.6) is 0 Å². The molecule has 0 atom stereocenters. The molecule has 5 rings (SSSR count). The minimum absolute atomic E-state index is 0.135. The number of piperidine rings is 1. The summed E-state index contributed by atoms with van der Waals surface area (Å²) in [4.78, 5) is 19.5. The van der Waals surface area contributed by atoms with E-state index < -0.39 is 0 Å². The molecule has 6 nitrogen and oxygen atoms in total. The highest BCUT2D eigenvalue weighted by Gasteiger charge is 2.25. The fraction of sp³-hybridized carbons (Fsp3) is 0.192. The molecule has 1 saturated heterocycles. The number of hydrogen-bond acceptors (Lipinski definition) is 4. The molecule has 176 valence electrons. The van der Waals surface area contributed by atoms with Gasteiger partial charge in [-0.3, -0.25) is 4.79 Å². The van der Waals surface area contributed by atoms with Gasteiger partial charge < -0.3 is 10.2 Å². The fourth-order valence-electron chi connectivity index (χ4n) is 4.33. The molecule has 2 aromatic heterocycles. The third-order valence-electron chi connectivity index (χ3n) is 6.23. The average Bonchev–Trinajstić information content (AvgIpc) is 3.26. The molecule has 1 fully saturated rings. The first kappa shape index (κ1) is 23.5. The molecule has 1 aliphatic heterocycles. The molecule has 4 aromatic rings. The van der Waals surface area contributed by atoms with Crippen molar-refractivity contribution in [1.29, 1.82) is 0 Å². The number of benzene rings is 2. The number of halogens is 2. The predicted octanol–water partition coefficient (Wildman–Crippen LogP) is 3.99. The Labute approximate surface area is 215 Å². The number of likely N-dealkylation sites (tertiary alicyclic amines) is 1. The maximum atomic E-state index is 12.8. The molecule has 0 aliphatic carbocycles. The summed E-state index contributed by atoms with van der Waals surface area (Å²) < 4.78 is 1.83. The molecule has 1 amide bonds. The summed E-state index contributed by atoms with van der Waals surface area (Å²) in [5, 5.41) is 9.03. The molecule has 0 unspecified atom stereocenters. The Bertz CT molecular complexity index is 1400. The van der Waals surface area contributed by atoms with E-state index in [0.717, 1.165) is 46.6 Å². The van der Waals surface area contributed by atoms with Crippen LogP contribution in [0.2, 0.25) is 5.02 Å². The number of aromatic nitrogens is 3. The predicted molar refractivity (Wildman–Crippen MR) is 145 cm³/mol. The summed E-state index contributed by atoms with van der Waals surface area (Å²) in [6.45, 7) is 1.25. The van der Waals surface area contributed by atoms with Crippen molar-refractivity contribution in [2.75, 3.05) is 18.4 Å². The Morgan fingerprint density at radius 1 is 1.09 bits per heavy atom. The summed E-state index contributed by atoms with van der Waals surface area (Å²) in [5.41, 5.74) is 4.35. The van der Waals surface area contributed by atoms with Crippen LogP contribution in [0.25, 0.3) is 23.0 Å². The quantitative estimate of drug-likeness (QED) is 0.330. The standard InChI is InChI=1S/C26H24BCl2N5O/c27-20-16-30-34-24(15-23(32-25(20)34)19-8-4-5-9-21(19)28)31-18-10-12-33(13-11-18)26(35)22(29)14-17-6-2-1-3-7-17/h1-9,14-16,18,31H,10-13,27H2/b22-14-. The molecular formula is C26H24BCl2N5O. The zero-order chi connectivity index (χ0) is 24.4. The first-order chi connectivity index (χ1) is 17.0. The van der Waals surface area contributed by atoms with Crippen molar-refractivity contribution in [2.24, 2.45) is 0 Å². The molecule has 0 spiro atoms. The van der Waals surface area contributed by atoms with Crippen molar-refractivity contribution < 1.29 is 4.79 Å². The van der Waals surface area contributed by atoms with Gasteiger partial charge in [0.1, 0.15) is 18.7 Å². The first-order valence-corrected chi connectivity index (χ1v) is 12.3. The van der Waals surface area contributed by atoms with Crippen LogP contribution in [0, 0.1) is 0 Å². The SMILES string of the molecule is Bc1cnn2c(NC3CCN(C(=O)/C(Cl)=C/c4ccccc4)CC3)cc(-c3ccccc3Cl)nc12. The summed E-state index contributed by atoms with van der Waals surface area (Å²) in [7, 11) is 1.99. The maximum absolute atomic E-state index is 12.8. The molecule has 1 aliphatic rings. The number of fused-ring (bicyclic) bond motifs is 1. The van der Waals surface area contributed by atoms with Crippen LogP contribution in [-0.4, -0.2) is 52.4 Å². The van der Waals surface area contributed by atoms with E-state index in [9.17, 15) is 4.79 Å². The van der Waals surface area contributed by atoms with E-state index in [1.165, 1.54) is 0 Å². The molecule has 0 bridgehead atoms. The van der Waals surface area contributed by atoms with E-state index in [1.807, 2.05) is 84.1 Å².